The Morgan fingerprint density at radius 3 is 1.56 bits per heavy atom. The highest BCUT2D eigenvalue weighted by molar-refractivity contribution is 9.08. The number of pyridine rings is 2. The molecule has 2 aromatic carbocycles. The number of hydrogen-bond acceptors (Lipinski definition) is 12. The number of anilines is 2. The van der Waals surface area contributed by atoms with Gasteiger partial charge in [-0.3, -0.25) is 24.7 Å². The van der Waals surface area contributed by atoms with Gasteiger partial charge in [0.1, 0.15) is 0 Å². The number of hydrogen-bond donors (Lipinski definition) is 1. The minimum absolute atomic E-state index is 0.00397. The lowest BCUT2D eigenvalue weighted by molar-refractivity contribution is -0.0738. The first-order valence-electron chi connectivity index (χ1n) is 20.2. The molecule has 0 atom stereocenters. The van der Waals surface area contributed by atoms with Crippen LogP contribution in [-0.4, -0.2) is 159 Å². The third-order valence-corrected chi connectivity index (χ3v) is 11.3. The highest BCUT2D eigenvalue weighted by Gasteiger charge is 2.33. The number of piperazine rings is 2. The Balaban J connectivity index is 0.000000171. The van der Waals surface area contributed by atoms with E-state index in [2.05, 4.69) is 45.8 Å². The maximum Gasteiger partial charge on any atom is 0.339 e. The second-order valence-corrected chi connectivity index (χ2v) is 15.2. The van der Waals surface area contributed by atoms with Gasteiger partial charge in [0.15, 0.2) is 0 Å². The molecule has 0 spiro atoms. The number of urea groups is 2. The molecule has 4 fully saturated rings. The van der Waals surface area contributed by atoms with Crippen LogP contribution in [0.2, 0.25) is 0 Å². The molecule has 0 aliphatic carbocycles. The van der Waals surface area contributed by atoms with E-state index in [0.717, 1.165) is 82.8 Å². The molecule has 6 heterocycles. The van der Waals surface area contributed by atoms with Crippen molar-refractivity contribution in [1.82, 2.24) is 29.6 Å². The second-order valence-electron chi connectivity index (χ2n) is 14.6. The SMILES string of the molecule is COC(=O)c1ccc(CBr)nc1.COC(=O)c1ccc(CN(C(=O)N2CCN(C3COC3)CC2)c2ccccc2)nc1.O=C(Nc1ccccc1)N1CCN(C2COC2)CC1. The first kappa shape index (κ1) is 45.1. The standard InChI is InChI=1S/C22H26N4O4.C14H19N3O2.C8H8BrNO2/c1-29-21(27)17-7-8-18(23-13-17)14-26(19-5-3-2-4-6-19)22(28)25-11-9-24(10-12-25)20-15-30-16-20;18-14(15-12-4-2-1-3-5-12)17-8-6-16(7-9-17)13-10-19-11-13;1-12-8(11)6-2-3-7(4-9)10-5-6/h2-8,13,20H,9-12,14-16H2,1H3;1-5,13H,6-11H2,(H,15,18);2-3,5H,4H2,1H3. The number of amides is 4. The molecular weight excluding hydrogens is 848 g/mol. The van der Waals surface area contributed by atoms with Crippen molar-refractivity contribution in [3.8, 4) is 0 Å². The van der Waals surface area contributed by atoms with Crippen LogP contribution in [-0.2, 0) is 30.8 Å². The molecular formula is C44H53BrN8O8. The molecule has 4 amide bonds. The molecule has 4 aliphatic rings. The minimum atomic E-state index is -0.431. The average molecular weight is 902 g/mol. The first-order valence-corrected chi connectivity index (χ1v) is 21.4. The van der Waals surface area contributed by atoms with E-state index >= 15 is 0 Å². The van der Waals surface area contributed by atoms with Crippen molar-refractivity contribution < 1.29 is 38.1 Å². The number of alkyl halides is 1. The summed E-state index contributed by atoms with van der Waals surface area (Å²) in [4.78, 5) is 66.8. The van der Waals surface area contributed by atoms with Gasteiger partial charge < -0.3 is 34.1 Å². The molecule has 2 aromatic heterocycles. The molecule has 4 saturated heterocycles. The zero-order valence-electron chi connectivity index (χ0n) is 34.6. The molecule has 0 saturated carbocycles. The molecule has 0 bridgehead atoms. The summed E-state index contributed by atoms with van der Waals surface area (Å²) >= 11 is 3.26. The van der Waals surface area contributed by atoms with E-state index in [1.54, 1.807) is 29.2 Å². The number of rotatable bonds is 9. The highest BCUT2D eigenvalue weighted by Crippen LogP contribution is 2.21. The Morgan fingerprint density at radius 2 is 1.13 bits per heavy atom. The van der Waals surface area contributed by atoms with Crippen LogP contribution < -0.4 is 10.2 Å². The summed E-state index contributed by atoms with van der Waals surface area (Å²) < 4.78 is 19.7. The third kappa shape index (κ3) is 12.8. The monoisotopic (exact) mass is 900 g/mol. The number of ether oxygens (including phenoxy) is 4. The molecule has 324 valence electrons. The summed E-state index contributed by atoms with van der Waals surface area (Å²) in [7, 11) is 2.69. The number of esters is 2. The van der Waals surface area contributed by atoms with Crippen molar-refractivity contribution in [2.24, 2.45) is 0 Å². The average Bonchev–Trinajstić information content (AvgIpc) is 3.28. The van der Waals surface area contributed by atoms with Crippen LogP contribution in [0.1, 0.15) is 32.1 Å². The van der Waals surface area contributed by atoms with Gasteiger partial charge in [-0.25, -0.2) is 19.2 Å². The van der Waals surface area contributed by atoms with E-state index in [4.69, 9.17) is 14.2 Å². The summed E-state index contributed by atoms with van der Waals surface area (Å²) in [6.07, 6.45) is 2.98. The molecule has 17 heteroatoms. The highest BCUT2D eigenvalue weighted by atomic mass is 79.9. The Morgan fingerprint density at radius 1 is 0.656 bits per heavy atom. The maximum atomic E-state index is 13.4. The van der Waals surface area contributed by atoms with Gasteiger partial charge in [-0.15, -0.1) is 0 Å². The maximum absolute atomic E-state index is 13.4. The molecule has 1 N–H and O–H groups in total. The molecule has 16 nitrogen and oxygen atoms in total. The Hall–Kier alpha value is -5.46. The summed E-state index contributed by atoms with van der Waals surface area (Å²) in [6.45, 7) is 10.1. The van der Waals surface area contributed by atoms with E-state index in [1.165, 1.54) is 26.6 Å². The lowest BCUT2D eigenvalue weighted by atomic mass is 10.2. The zero-order chi connectivity index (χ0) is 43.0. The fraction of sp³-hybridized carbons (Fsp3) is 0.409. The first-order chi connectivity index (χ1) is 29.8. The smallest absolute Gasteiger partial charge is 0.339 e. The number of nitrogens with one attached hydrogen (secondary N) is 1. The summed E-state index contributed by atoms with van der Waals surface area (Å²) in [5.74, 6) is -0.789. The lowest BCUT2D eigenvalue weighted by Gasteiger charge is -2.43. The molecule has 4 aromatic rings. The van der Waals surface area contributed by atoms with Crippen LogP contribution in [0.15, 0.2) is 97.3 Å². The predicted molar refractivity (Wildman–Crippen MR) is 233 cm³/mol. The number of halogens is 1. The quantitative estimate of drug-likeness (QED) is 0.177. The zero-order valence-corrected chi connectivity index (χ0v) is 36.2. The number of carbonyl (C=O) groups is 4. The van der Waals surface area contributed by atoms with Crippen molar-refractivity contribution in [2.75, 3.05) is 103 Å². The van der Waals surface area contributed by atoms with Gasteiger partial charge in [-0.1, -0.05) is 52.3 Å². The Bertz CT molecular complexity index is 1990. The number of carbonyl (C=O) groups excluding carboxylic acids is 4. The largest absolute Gasteiger partial charge is 0.465 e. The van der Waals surface area contributed by atoms with Gasteiger partial charge in [0, 0.05) is 81.5 Å². The fourth-order valence-electron chi connectivity index (χ4n) is 6.87. The number of aromatic nitrogens is 2. The van der Waals surface area contributed by atoms with Crippen molar-refractivity contribution >= 4 is 51.3 Å². The van der Waals surface area contributed by atoms with Crippen LogP contribution in [0.3, 0.4) is 0 Å². The van der Waals surface area contributed by atoms with Crippen LogP contribution in [0.5, 0.6) is 0 Å². The van der Waals surface area contributed by atoms with Gasteiger partial charge in [-0.05, 0) is 48.5 Å². The van der Waals surface area contributed by atoms with Gasteiger partial charge >= 0.3 is 24.0 Å². The number of benzene rings is 2. The van der Waals surface area contributed by atoms with E-state index in [0.29, 0.717) is 53.9 Å². The van der Waals surface area contributed by atoms with Gasteiger partial charge in [-0.2, -0.15) is 0 Å². The number of para-hydroxylation sites is 2. The topological polar surface area (TPSA) is 159 Å². The summed E-state index contributed by atoms with van der Waals surface area (Å²) in [6, 6.07) is 27.1. The fourth-order valence-corrected chi connectivity index (χ4v) is 7.20. The number of methoxy groups -OCH3 is 2. The Kier molecular flexibility index (Phi) is 17.0. The predicted octanol–water partition coefficient (Wildman–Crippen LogP) is 5.01. The summed E-state index contributed by atoms with van der Waals surface area (Å²) in [5.41, 5.74) is 4.11. The van der Waals surface area contributed by atoms with E-state index < -0.39 is 5.97 Å². The van der Waals surface area contributed by atoms with Gasteiger partial charge in [0.25, 0.3) is 0 Å². The third-order valence-electron chi connectivity index (χ3n) is 10.7. The van der Waals surface area contributed by atoms with Gasteiger partial charge in [0.2, 0.25) is 0 Å². The van der Waals surface area contributed by atoms with Crippen LogP contribution >= 0.6 is 15.9 Å². The minimum Gasteiger partial charge on any atom is -0.465 e. The number of nitrogens with zero attached hydrogens (tertiary/aromatic N) is 7. The molecule has 0 radical (unpaired) electrons. The van der Waals surface area contributed by atoms with Crippen LogP contribution in [0.25, 0.3) is 0 Å². The van der Waals surface area contributed by atoms with Gasteiger partial charge in [0.05, 0.1) is 81.8 Å². The normalized spacial score (nSPS) is 16.9. The van der Waals surface area contributed by atoms with Crippen LogP contribution in [0, 0.1) is 0 Å². The van der Waals surface area contributed by atoms with Crippen molar-refractivity contribution in [3.05, 3.63) is 120 Å². The molecule has 4 aliphatic heterocycles. The molecule has 0 unspecified atom stereocenters. The molecule has 61 heavy (non-hydrogen) atoms. The molecule has 8 rings (SSSR count). The Labute approximate surface area is 364 Å². The van der Waals surface area contributed by atoms with E-state index in [9.17, 15) is 19.2 Å². The second kappa shape index (κ2) is 22.9. The van der Waals surface area contributed by atoms with E-state index in [1.807, 2.05) is 70.5 Å². The summed E-state index contributed by atoms with van der Waals surface area (Å²) in [5, 5.41) is 3.62. The van der Waals surface area contributed by atoms with Crippen molar-refractivity contribution in [3.63, 3.8) is 0 Å². The van der Waals surface area contributed by atoms with Crippen LogP contribution in [0.4, 0.5) is 21.0 Å². The van der Waals surface area contributed by atoms with Crippen molar-refractivity contribution in [2.45, 2.75) is 24.0 Å². The van der Waals surface area contributed by atoms with E-state index in [-0.39, 0.29) is 18.0 Å². The lowest BCUT2D eigenvalue weighted by Crippen LogP contribution is -2.59. The van der Waals surface area contributed by atoms with Crippen molar-refractivity contribution in [1.29, 1.82) is 0 Å².